The number of nitrogens with one attached hydrogen (secondary N) is 5. The molecule has 1 aromatic heterocycles. The van der Waals surface area contributed by atoms with Crippen LogP contribution in [0.25, 0.3) is 5.70 Å². The molecule has 1 saturated carbocycles. The van der Waals surface area contributed by atoms with E-state index >= 15 is 0 Å². The van der Waals surface area contributed by atoms with Crippen molar-refractivity contribution in [1.29, 1.82) is 5.41 Å². The van der Waals surface area contributed by atoms with E-state index in [0.29, 0.717) is 6.04 Å². The van der Waals surface area contributed by atoms with Crippen molar-refractivity contribution < 1.29 is 0 Å². The van der Waals surface area contributed by atoms with Crippen molar-refractivity contribution in [2.24, 2.45) is 0 Å². The van der Waals surface area contributed by atoms with Gasteiger partial charge in [0, 0.05) is 32.6 Å². The summed E-state index contributed by atoms with van der Waals surface area (Å²) >= 11 is 1.76. The smallest absolute Gasteiger partial charge is 0.0929 e. The Bertz CT molecular complexity index is 591. The van der Waals surface area contributed by atoms with Gasteiger partial charge in [-0.2, -0.15) is 0 Å². The lowest BCUT2D eigenvalue weighted by atomic mass is 9.89. The molecule has 1 saturated heterocycles. The van der Waals surface area contributed by atoms with Crippen LogP contribution in [0.3, 0.4) is 0 Å². The van der Waals surface area contributed by atoms with E-state index in [0.717, 1.165) is 23.8 Å². The molecule has 0 bridgehead atoms. The SMILES string of the molecule is CN/C(C=N)=C/Nc1ccc(C(NC2CNC2)=C2CCC2)s1. The van der Waals surface area contributed by atoms with Gasteiger partial charge in [-0.05, 0) is 37.0 Å². The molecule has 5 N–H and O–H groups in total. The fraction of sp³-hybridized carbons (Fsp3) is 0.438. The lowest BCUT2D eigenvalue weighted by molar-refractivity contribution is 0.405. The van der Waals surface area contributed by atoms with Gasteiger partial charge in [0.05, 0.1) is 27.3 Å². The van der Waals surface area contributed by atoms with E-state index in [1.165, 1.54) is 36.1 Å². The van der Waals surface area contributed by atoms with E-state index in [-0.39, 0.29) is 0 Å². The molecular formula is C16H23N5S. The summed E-state index contributed by atoms with van der Waals surface area (Å²) in [5, 5.41) is 21.6. The van der Waals surface area contributed by atoms with E-state index in [1.807, 2.05) is 13.2 Å². The summed E-state index contributed by atoms with van der Waals surface area (Å²) in [6.45, 7) is 2.11. The summed E-state index contributed by atoms with van der Waals surface area (Å²) < 4.78 is 0. The first-order valence-electron chi connectivity index (χ1n) is 7.74. The molecule has 0 spiro atoms. The van der Waals surface area contributed by atoms with Crippen LogP contribution in [-0.4, -0.2) is 32.4 Å². The van der Waals surface area contributed by atoms with Crippen molar-refractivity contribution in [1.82, 2.24) is 16.0 Å². The van der Waals surface area contributed by atoms with Gasteiger partial charge in [0.25, 0.3) is 0 Å². The standard InChI is InChI=1S/C16H23N5S/c1-18-12(7-17)10-20-15-6-5-14(22-15)16(11-3-2-4-11)21-13-8-19-9-13/h5-7,10,13,17-21H,2-4,8-9H2,1H3/b12-10+,17-7?. The second-order valence-corrected chi connectivity index (χ2v) is 6.72. The molecular weight excluding hydrogens is 294 g/mol. The van der Waals surface area contributed by atoms with Gasteiger partial charge in [-0.15, -0.1) is 11.3 Å². The number of hydrogen-bond donors (Lipinski definition) is 5. The zero-order valence-corrected chi connectivity index (χ0v) is 13.6. The third-order valence-electron chi connectivity index (χ3n) is 4.11. The van der Waals surface area contributed by atoms with Gasteiger partial charge >= 0.3 is 0 Å². The average molecular weight is 317 g/mol. The quantitative estimate of drug-likeness (QED) is 0.501. The first kappa shape index (κ1) is 15.1. The van der Waals surface area contributed by atoms with Crippen LogP contribution in [-0.2, 0) is 0 Å². The molecule has 0 aromatic carbocycles. The predicted octanol–water partition coefficient (Wildman–Crippen LogP) is 2.33. The molecule has 0 amide bonds. The Kier molecular flexibility index (Phi) is 4.80. The fourth-order valence-corrected chi connectivity index (χ4v) is 3.36. The molecule has 118 valence electrons. The van der Waals surface area contributed by atoms with Crippen LogP contribution in [0.2, 0.25) is 0 Å². The largest absolute Gasteiger partial charge is 0.386 e. The maximum absolute atomic E-state index is 7.28. The first-order valence-corrected chi connectivity index (χ1v) is 8.56. The van der Waals surface area contributed by atoms with Crippen LogP contribution in [0, 0.1) is 5.41 Å². The lowest BCUT2D eigenvalue weighted by Gasteiger charge is -2.32. The fourth-order valence-electron chi connectivity index (χ4n) is 2.43. The molecule has 2 heterocycles. The number of allylic oxidation sites excluding steroid dienone is 2. The molecule has 22 heavy (non-hydrogen) atoms. The first-order chi connectivity index (χ1) is 10.8. The van der Waals surface area contributed by atoms with Crippen LogP contribution < -0.4 is 21.3 Å². The van der Waals surface area contributed by atoms with E-state index in [4.69, 9.17) is 5.41 Å². The maximum Gasteiger partial charge on any atom is 0.0929 e. The van der Waals surface area contributed by atoms with Crippen molar-refractivity contribution >= 4 is 28.2 Å². The summed E-state index contributed by atoms with van der Waals surface area (Å²) in [7, 11) is 1.81. The van der Waals surface area contributed by atoms with Crippen LogP contribution in [0.5, 0.6) is 0 Å². The highest BCUT2D eigenvalue weighted by molar-refractivity contribution is 7.17. The normalized spacial score (nSPS) is 18.2. The van der Waals surface area contributed by atoms with Crippen molar-refractivity contribution in [3.05, 3.63) is 34.5 Å². The van der Waals surface area contributed by atoms with Crippen molar-refractivity contribution in [3.8, 4) is 0 Å². The molecule has 1 aliphatic carbocycles. The minimum Gasteiger partial charge on any atom is -0.386 e. The van der Waals surface area contributed by atoms with E-state index in [2.05, 4.69) is 33.4 Å². The summed E-state index contributed by atoms with van der Waals surface area (Å²) in [6, 6.07) is 4.85. The third kappa shape index (κ3) is 3.34. The molecule has 2 fully saturated rings. The molecule has 0 unspecified atom stereocenters. The molecule has 1 aromatic rings. The van der Waals surface area contributed by atoms with Crippen molar-refractivity contribution in [2.75, 3.05) is 25.5 Å². The summed E-state index contributed by atoms with van der Waals surface area (Å²) in [5.74, 6) is 0. The van der Waals surface area contributed by atoms with E-state index < -0.39 is 0 Å². The Morgan fingerprint density at radius 3 is 2.73 bits per heavy atom. The Morgan fingerprint density at radius 2 is 2.18 bits per heavy atom. The molecule has 2 aliphatic rings. The van der Waals surface area contributed by atoms with Gasteiger partial charge in [0.2, 0.25) is 0 Å². The number of rotatable bonds is 7. The van der Waals surface area contributed by atoms with Gasteiger partial charge in [-0.25, -0.2) is 0 Å². The third-order valence-corrected chi connectivity index (χ3v) is 5.14. The highest BCUT2D eigenvalue weighted by Crippen LogP contribution is 2.36. The Morgan fingerprint density at radius 1 is 1.36 bits per heavy atom. The van der Waals surface area contributed by atoms with Gasteiger partial charge in [0.1, 0.15) is 0 Å². The molecule has 0 radical (unpaired) electrons. The van der Waals surface area contributed by atoms with Crippen molar-refractivity contribution in [3.63, 3.8) is 0 Å². The zero-order valence-electron chi connectivity index (χ0n) is 12.8. The minimum atomic E-state index is 0.565. The second-order valence-electron chi connectivity index (χ2n) is 5.63. The lowest BCUT2D eigenvalue weighted by Crippen LogP contribution is -2.54. The predicted molar refractivity (Wildman–Crippen MR) is 94.4 cm³/mol. The Balaban J connectivity index is 1.72. The topological polar surface area (TPSA) is 72.0 Å². The Labute approximate surface area is 135 Å². The van der Waals surface area contributed by atoms with Crippen molar-refractivity contribution in [2.45, 2.75) is 25.3 Å². The zero-order chi connectivity index (χ0) is 15.4. The Hall–Kier alpha value is -1.79. The summed E-state index contributed by atoms with van der Waals surface area (Å²) in [4.78, 5) is 1.30. The average Bonchev–Trinajstić information content (AvgIpc) is 2.89. The molecule has 0 atom stereocenters. The van der Waals surface area contributed by atoms with Gasteiger partial charge in [-0.3, -0.25) is 0 Å². The van der Waals surface area contributed by atoms with Crippen LogP contribution in [0.1, 0.15) is 24.1 Å². The minimum absolute atomic E-state index is 0.565. The molecule has 6 heteroatoms. The van der Waals surface area contributed by atoms with E-state index in [9.17, 15) is 0 Å². The molecule has 1 aliphatic heterocycles. The highest BCUT2D eigenvalue weighted by Gasteiger charge is 2.23. The van der Waals surface area contributed by atoms with Gasteiger partial charge in [0.15, 0.2) is 0 Å². The number of thiophene rings is 1. The number of hydrogen-bond acceptors (Lipinski definition) is 6. The van der Waals surface area contributed by atoms with Gasteiger partial charge < -0.3 is 26.7 Å². The summed E-state index contributed by atoms with van der Waals surface area (Å²) in [6.07, 6.45) is 6.88. The van der Waals surface area contributed by atoms with Crippen LogP contribution in [0.4, 0.5) is 5.00 Å². The maximum atomic E-state index is 7.28. The molecule has 3 rings (SSSR count). The molecule has 5 nitrogen and oxygen atoms in total. The summed E-state index contributed by atoms with van der Waals surface area (Å²) in [5.41, 5.74) is 3.66. The van der Waals surface area contributed by atoms with Crippen LogP contribution in [0.15, 0.2) is 29.6 Å². The monoisotopic (exact) mass is 317 g/mol. The highest BCUT2D eigenvalue weighted by atomic mass is 32.1. The second kappa shape index (κ2) is 6.98. The van der Waals surface area contributed by atoms with Gasteiger partial charge in [-0.1, -0.05) is 0 Å². The number of anilines is 1. The van der Waals surface area contributed by atoms with Crippen LogP contribution >= 0.6 is 11.3 Å². The van der Waals surface area contributed by atoms with E-state index in [1.54, 1.807) is 16.9 Å².